The van der Waals surface area contributed by atoms with E-state index in [1.807, 2.05) is 30.3 Å². The average molecular weight is 282 g/mol. The molecule has 0 aromatic heterocycles. The lowest BCUT2D eigenvalue weighted by molar-refractivity contribution is 0.112. The van der Waals surface area contributed by atoms with E-state index in [0.717, 1.165) is 17.4 Å². The molecular weight excluding hydrogens is 264 g/mol. The van der Waals surface area contributed by atoms with Gasteiger partial charge in [-0.05, 0) is 24.1 Å². The molecule has 0 saturated carbocycles. The molecule has 0 N–H and O–H groups in total. The van der Waals surface area contributed by atoms with Gasteiger partial charge < -0.3 is 9.47 Å². The third kappa shape index (κ3) is 3.51. The number of benzene rings is 2. The Labute approximate surface area is 124 Å². The summed E-state index contributed by atoms with van der Waals surface area (Å²) in [6.45, 7) is 4.17. The molecular formula is C18H18O3. The van der Waals surface area contributed by atoms with Crippen molar-refractivity contribution < 1.29 is 14.3 Å². The number of carbonyl (C=O) groups excluding carboxylic acids is 1. The van der Waals surface area contributed by atoms with Crippen molar-refractivity contribution in [1.29, 1.82) is 0 Å². The molecule has 0 spiro atoms. The molecule has 0 aliphatic heterocycles. The van der Waals surface area contributed by atoms with Crippen LogP contribution < -0.4 is 9.47 Å². The molecule has 3 heteroatoms. The summed E-state index contributed by atoms with van der Waals surface area (Å²) in [6.07, 6.45) is 3.12. The first-order valence-electron chi connectivity index (χ1n) is 6.72. The van der Waals surface area contributed by atoms with E-state index < -0.39 is 0 Å². The van der Waals surface area contributed by atoms with Crippen molar-refractivity contribution >= 4 is 6.29 Å². The van der Waals surface area contributed by atoms with Gasteiger partial charge in [0.05, 0.1) is 7.11 Å². The van der Waals surface area contributed by atoms with Gasteiger partial charge in [0, 0.05) is 11.1 Å². The lowest BCUT2D eigenvalue weighted by atomic mass is 10.0. The van der Waals surface area contributed by atoms with Crippen LogP contribution in [0.1, 0.15) is 21.5 Å². The number of allylic oxidation sites excluding steroid dienone is 1. The SMILES string of the molecule is C=CCc1c(C=O)ccc(OCc2ccccc2)c1OC. The highest BCUT2D eigenvalue weighted by Gasteiger charge is 2.14. The maximum Gasteiger partial charge on any atom is 0.164 e. The van der Waals surface area contributed by atoms with Crippen molar-refractivity contribution in [1.82, 2.24) is 0 Å². The standard InChI is InChI=1S/C18H18O3/c1-3-7-16-15(12-19)10-11-17(18(16)20-2)21-13-14-8-5-4-6-9-14/h3-6,8-12H,1,7,13H2,2H3. The Kier molecular flexibility index (Phi) is 5.16. The van der Waals surface area contributed by atoms with Gasteiger partial charge in [-0.2, -0.15) is 0 Å². The predicted molar refractivity (Wildman–Crippen MR) is 83.1 cm³/mol. The maximum atomic E-state index is 11.1. The summed E-state index contributed by atoms with van der Waals surface area (Å²) in [7, 11) is 1.58. The second-order valence-electron chi connectivity index (χ2n) is 4.55. The second-order valence-corrected chi connectivity index (χ2v) is 4.55. The second kappa shape index (κ2) is 7.29. The van der Waals surface area contributed by atoms with Crippen molar-refractivity contribution in [2.45, 2.75) is 13.0 Å². The van der Waals surface area contributed by atoms with Gasteiger partial charge in [0.25, 0.3) is 0 Å². The molecule has 21 heavy (non-hydrogen) atoms. The molecule has 0 atom stereocenters. The fraction of sp³-hybridized carbons (Fsp3) is 0.167. The number of aldehydes is 1. The van der Waals surface area contributed by atoms with Crippen LogP contribution in [0.2, 0.25) is 0 Å². The van der Waals surface area contributed by atoms with Crippen LogP contribution in [0, 0.1) is 0 Å². The highest BCUT2D eigenvalue weighted by molar-refractivity contribution is 5.80. The first kappa shape index (κ1) is 14.9. The first-order chi connectivity index (χ1) is 10.3. The Morgan fingerprint density at radius 3 is 2.52 bits per heavy atom. The molecule has 0 unspecified atom stereocenters. The molecule has 0 aliphatic rings. The molecule has 0 saturated heterocycles. The summed E-state index contributed by atoms with van der Waals surface area (Å²) in [5.74, 6) is 1.22. The van der Waals surface area contributed by atoms with E-state index in [1.165, 1.54) is 0 Å². The molecule has 0 aliphatic carbocycles. The number of carbonyl (C=O) groups is 1. The van der Waals surface area contributed by atoms with E-state index in [1.54, 1.807) is 25.3 Å². The summed E-state index contributed by atoms with van der Waals surface area (Å²) in [5, 5.41) is 0. The van der Waals surface area contributed by atoms with Gasteiger partial charge in [-0.25, -0.2) is 0 Å². The van der Waals surface area contributed by atoms with Gasteiger partial charge in [-0.3, -0.25) is 4.79 Å². The van der Waals surface area contributed by atoms with Crippen molar-refractivity contribution in [2.75, 3.05) is 7.11 Å². The molecule has 2 aromatic carbocycles. The fourth-order valence-corrected chi connectivity index (χ4v) is 2.16. The van der Waals surface area contributed by atoms with Crippen molar-refractivity contribution in [2.24, 2.45) is 0 Å². The topological polar surface area (TPSA) is 35.5 Å². The molecule has 2 aromatic rings. The quantitative estimate of drug-likeness (QED) is 0.572. The van der Waals surface area contributed by atoms with Crippen molar-refractivity contribution in [3.05, 3.63) is 71.8 Å². The van der Waals surface area contributed by atoms with E-state index in [4.69, 9.17) is 9.47 Å². The average Bonchev–Trinajstić information content (AvgIpc) is 2.54. The normalized spacial score (nSPS) is 9.95. The Balaban J connectivity index is 2.28. The van der Waals surface area contributed by atoms with E-state index in [-0.39, 0.29) is 0 Å². The van der Waals surface area contributed by atoms with Gasteiger partial charge in [0.15, 0.2) is 11.5 Å². The number of methoxy groups -OCH3 is 1. The highest BCUT2D eigenvalue weighted by atomic mass is 16.5. The molecule has 0 amide bonds. The van der Waals surface area contributed by atoms with E-state index in [9.17, 15) is 4.79 Å². The van der Waals surface area contributed by atoms with Crippen molar-refractivity contribution in [3.63, 3.8) is 0 Å². The zero-order valence-electron chi connectivity index (χ0n) is 12.0. The van der Waals surface area contributed by atoms with Gasteiger partial charge >= 0.3 is 0 Å². The Hall–Kier alpha value is -2.55. The largest absolute Gasteiger partial charge is 0.493 e. The smallest absolute Gasteiger partial charge is 0.164 e. The van der Waals surface area contributed by atoms with Gasteiger partial charge in [-0.15, -0.1) is 6.58 Å². The zero-order chi connectivity index (χ0) is 15.1. The minimum atomic E-state index is 0.450. The maximum absolute atomic E-state index is 11.1. The van der Waals surface area contributed by atoms with Crippen LogP contribution in [0.25, 0.3) is 0 Å². The fourth-order valence-electron chi connectivity index (χ4n) is 2.16. The predicted octanol–water partition coefficient (Wildman–Crippen LogP) is 3.82. The van der Waals surface area contributed by atoms with Gasteiger partial charge in [0.1, 0.15) is 12.9 Å². The van der Waals surface area contributed by atoms with Crippen LogP contribution in [0.15, 0.2) is 55.1 Å². The van der Waals surface area contributed by atoms with E-state index in [0.29, 0.717) is 30.1 Å². The van der Waals surface area contributed by atoms with Gasteiger partial charge in [0.2, 0.25) is 0 Å². The van der Waals surface area contributed by atoms with Crippen LogP contribution in [-0.2, 0) is 13.0 Å². The minimum absolute atomic E-state index is 0.450. The van der Waals surface area contributed by atoms with E-state index in [2.05, 4.69) is 6.58 Å². The van der Waals surface area contributed by atoms with Gasteiger partial charge in [-0.1, -0.05) is 36.4 Å². The number of ether oxygens (including phenoxy) is 2. The molecule has 108 valence electrons. The minimum Gasteiger partial charge on any atom is -0.493 e. The number of hydrogen-bond donors (Lipinski definition) is 0. The van der Waals surface area contributed by atoms with Crippen molar-refractivity contribution in [3.8, 4) is 11.5 Å². The molecule has 0 bridgehead atoms. The lowest BCUT2D eigenvalue weighted by Crippen LogP contribution is -2.02. The lowest BCUT2D eigenvalue weighted by Gasteiger charge is -2.15. The Morgan fingerprint density at radius 1 is 1.14 bits per heavy atom. The van der Waals surface area contributed by atoms with Crippen LogP contribution >= 0.6 is 0 Å². The third-order valence-corrected chi connectivity index (χ3v) is 3.18. The number of rotatable bonds is 7. The number of hydrogen-bond acceptors (Lipinski definition) is 3. The molecule has 2 rings (SSSR count). The monoisotopic (exact) mass is 282 g/mol. The molecule has 0 heterocycles. The Morgan fingerprint density at radius 2 is 1.90 bits per heavy atom. The summed E-state index contributed by atoms with van der Waals surface area (Å²) < 4.78 is 11.3. The highest BCUT2D eigenvalue weighted by Crippen LogP contribution is 2.34. The van der Waals surface area contributed by atoms with Crippen LogP contribution in [0.3, 0.4) is 0 Å². The third-order valence-electron chi connectivity index (χ3n) is 3.18. The summed E-state index contributed by atoms with van der Waals surface area (Å²) in [4.78, 5) is 11.1. The summed E-state index contributed by atoms with van der Waals surface area (Å²) in [6, 6.07) is 13.4. The molecule has 0 fully saturated rings. The van der Waals surface area contributed by atoms with E-state index >= 15 is 0 Å². The Bertz CT molecular complexity index is 618. The summed E-state index contributed by atoms with van der Waals surface area (Å²) >= 11 is 0. The summed E-state index contributed by atoms with van der Waals surface area (Å²) in [5.41, 5.74) is 2.47. The molecule has 0 radical (unpaired) electrons. The first-order valence-corrected chi connectivity index (χ1v) is 6.72. The van der Waals surface area contributed by atoms with Crippen LogP contribution in [0.4, 0.5) is 0 Å². The van der Waals surface area contributed by atoms with Crippen LogP contribution in [0.5, 0.6) is 11.5 Å². The van der Waals surface area contributed by atoms with Crippen LogP contribution in [-0.4, -0.2) is 13.4 Å². The zero-order valence-corrected chi connectivity index (χ0v) is 12.0. The molecule has 3 nitrogen and oxygen atoms in total.